The van der Waals surface area contributed by atoms with Gasteiger partial charge >= 0.3 is 6.03 Å². The Bertz CT molecular complexity index is 844. The summed E-state index contributed by atoms with van der Waals surface area (Å²) in [6.07, 6.45) is -1.42. The molecule has 1 aliphatic rings. The smallest absolute Gasteiger partial charge is 0.315 e. The van der Waals surface area contributed by atoms with Gasteiger partial charge in [0.05, 0.1) is 0 Å². The van der Waals surface area contributed by atoms with Crippen molar-refractivity contribution in [3.05, 3.63) is 51.7 Å². The molecule has 6 nitrogen and oxygen atoms in total. The third kappa shape index (κ3) is 6.42. The molecule has 0 spiro atoms. The highest BCUT2D eigenvalue weighted by Gasteiger charge is 2.21. The molecule has 156 valence electrons. The third-order valence-electron chi connectivity index (χ3n) is 4.51. The second-order valence-corrected chi connectivity index (χ2v) is 7.64. The number of rotatable bonds is 8. The van der Waals surface area contributed by atoms with Crippen LogP contribution in [0.15, 0.2) is 35.7 Å². The number of urea groups is 1. The molecular weight excluding hydrogens is 400 g/mol. The summed E-state index contributed by atoms with van der Waals surface area (Å²) in [6.45, 7) is 1.14. The number of halogens is 2. The Labute approximate surface area is 171 Å². The first-order chi connectivity index (χ1) is 14.0. The van der Waals surface area contributed by atoms with E-state index in [9.17, 15) is 18.4 Å². The molecule has 0 saturated heterocycles. The number of nitrogens with zero attached hydrogens (tertiary/aromatic N) is 1. The lowest BCUT2D eigenvalue weighted by atomic mass is 10.1. The molecule has 3 amide bonds. The highest BCUT2D eigenvalue weighted by atomic mass is 32.1. The molecule has 0 bridgehead atoms. The van der Waals surface area contributed by atoms with Gasteiger partial charge in [0.15, 0.2) is 0 Å². The monoisotopic (exact) mass is 423 g/mol. The second kappa shape index (κ2) is 10.2. The van der Waals surface area contributed by atoms with Crippen molar-refractivity contribution in [3.63, 3.8) is 0 Å². The number of amides is 3. The highest BCUT2D eigenvalue weighted by Crippen LogP contribution is 2.24. The molecular formula is C20H23F2N3O3S. The maximum absolute atomic E-state index is 12.3. The average Bonchev–Trinajstić information content (AvgIpc) is 3.19. The second-order valence-electron chi connectivity index (χ2n) is 6.64. The first-order valence-electron chi connectivity index (χ1n) is 9.36. The van der Waals surface area contributed by atoms with Crippen LogP contribution in [-0.2, 0) is 24.3 Å². The predicted octanol–water partition coefficient (Wildman–Crippen LogP) is 3.17. The van der Waals surface area contributed by atoms with Crippen LogP contribution in [0.1, 0.15) is 22.4 Å². The molecule has 0 saturated carbocycles. The van der Waals surface area contributed by atoms with Gasteiger partial charge in [0.25, 0.3) is 6.43 Å². The average molecular weight is 423 g/mol. The van der Waals surface area contributed by atoms with Gasteiger partial charge in [-0.15, -0.1) is 11.3 Å². The summed E-state index contributed by atoms with van der Waals surface area (Å²) in [4.78, 5) is 27.4. The standard InChI is InChI=1S/C20H23F2N3O3S/c21-18(22)13-28-16-3-1-2-14(10-16)11-24-20(27)23-7-4-19(26)25-8-5-17-15(12-25)6-9-29-17/h1-3,6,9-10,18H,4-5,7-8,11-13H2,(H2,23,24,27). The van der Waals surface area contributed by atoms with E-state index in [0.29, 0.717) is 18.8 Å². The van der Waals surface area contributed by atoms with Crippen LogP contribution in [0.2, 0.25) is 0 Å². The zero-order valence-corrected chi connectivity index (χ0v) is 16.6. The largest absolute Gasteiger partial charge is 0.488 e. The zero-order chi connectivity index (χ0) is 20.6. The SMILES string of the molecule is O=C(NCCC(=O)N1CCc2sccc2C1)NCc1cccc(OCC(F)F)c1. The molecule has 0 unspecified atom stereocenters. The topological polar surface area (TPSA) is 70.7 Å². The van der Waals surface area contributed by atoms with Crippen LogP contribution < -0.4 is 15.4 Å². The Balaban J connectivity index is 1.35. The molecule has 0 fully saturated rings. The lowest BCUT2D eigenvalue weighted by molar-refractivity contribution is -0.131. The lowest BCUT2D eigenvalue weighted by Gasteiger charge is -2.27. The number of hydrogen-bond acceptors (Lipinski definition) is 4. The molecule has 9 heteroatoms. The Kier molecular flexibility index (Phi) is 7.40. The van der Waals surface area contributed by atoms with E-state index in [2.05, 4.69) is 16.7 Å². The minimum Gasteiger partial charge on any atom is -0.488 e. The van der Waals surface area contributed by atoms with E-state index >= 15 is 0 Å². The van der Waals surface area contributed by atoms with Gasteiger partial charge in [-0.25, -0.2) is 13.6 Å². The summed E-state index contributed by atoms with van der Waals surface area (Å²) in [5.74, 6) is 0.344. The summed E-state index contributed by atoms with van der Waals surface area (Å²) in [6, 6.07) is 8.27. The summed E-state index contributed by atoms with van der Waals surface area (Å²) >= 11 is 1.72. The van der Waals surface area contributed by atoms with Crippen molar-refractivity contribution in [1.29, 1.82) is 0 Å². The minimum atomic E-state index is -2.54. The normalized spacial score (nSPS) is 13.1. The van der Waals surface area contributed by atoms with Gasteiger partial charge in [-0.2, -0.15) is 0 Å². The van der Waals surface area contributed by atoms with Crippen molar-refractivity contribution in [2.45, 2.75) is 32.4 Å². The number of thiophene rings is 1. The summed E-state index contributed by atoms with van der Waals surface area (Å²) in [5, 5.41) is 7.39. The Morgan fingerprint density at radius 2 is 2.10 bits per heavy atom. The number of hydrogen-bond donors (Lipinski definition) is 2. The van der Waals surface area contributed by atoms with E-state index < -0.39 is 19.1 Å². The molecule has 3 rings (SSSR count). The van der Waals surface area contributed by atoms with Crippen LogP contribution >= 0.6 is 11.3 Å². The number of carbonyl (C=O) groups excluding carboxylic acids is 2. The number of nitrogens with one attached hydrogen (secondary N) is 2. The van der Waals surface area contributed by atoms with Crippen molar-refractivity contribution in [1.82, 2.24) is 15.5 Å². The van der Waals surface area contributed by atoms with Gasteiger partial charge in [-0.05, 0) is 41.1 Å². The van der Waals surface area contributed by atoms with Gasteiger partial charge < -0.3 is 20.3 Å². The molecule has 0 aliphatic carbocycles. The van der Waals surface area contributed by atoms with Crippen molar-refractivity contribution in [3.8, 4) is 5.75 Å². The number of carbonyl (C=O) groups is 2. The molecule has 2 heterocycles. The fourth-order valence-electron chi connectivity index (χ4n) is 3.05. The van der Waals surface area contributed by atoms with Crippen LogP contribution in [-0.4, -0.2) is 43.0 Å². The van der Waals surface area contributed by atoms with Gasteiger partial charge in [0, 0.05) is 37.5 Å². The maximum Gasteiger partial charge on any atom is 0.315 e. The molecule has 29 heavy (non-hydrogen) atoms. The van der Waals surface area contributed by atoms with E-state index in [1.165, 1.54) is 10.4 Å². The first-order valence-corrected chi connectivity index (χ1v) is 10.2. The maximum atomic E-state index is 12.3. The molecule has 0 radical (unpaired) electrons. The van der Waals surface area contributed by atoms with Crippen molar-refractivity contribution >= 4 is 23.3 Å². The van der Waals surface area contributed by atoms with E-state index in [1.807, 2.05) is 10.3 Å². The van der Waals surface area contributed by atoms with Crippen molar-refractivity contribution in [2.24, 2.45) is 0 Å². The highest BCUT2D eigenvalue weighted by molar-refractivity contribution is 7.10. The van der Waals surface area contributed by atoms with E-state index in [-0.39, 0.29) is 25.4 Å². The van der Waals surface area contributed by atoms with Crippen LogP contribution in [0.25, 0.3) is 0 Å². The Hall–Kier alpha value is -2.68. The van der Waals surface area contributed by atoms with Crippen LogP contribution in [0.4, 0.5) is 13.6 Å². The van der Waals surface area contributed by atoms with E-state index in [1.54, 1.807) is 35.6 Å². The molecule has 1 aliphatic heterocycles. The van der Waals surface area contributed by atoms with Crippen LogP contribution in [0, 0.1) is 0 Å². The fraction of sp³-hybridized carbons (Fsp3) is 0.400. The van der Waals surface area contributed by atoms with Crippen molar-refractivity contribution < 1.29 is 23.1 Å². The zero-order valence-electron chi connectivity index (χ0n) is 15.8. The minimum absolute atomic E-state index is 0.0195. The summed E-state index contributed by atoms with van der Waals surface area (Å²) < 4.78 is 29.4. The summed E-state index contributed by atoms with van der Waals surface area (Å²) in [5.41, 5.74) is 1.93. The van der Waals surface area contributed by atoms with Crippen LogP contribution in [0.5, 0.6) is 5.75 Å². The molecule has 2 aromatic rings. The van der Waals surface area contributed by atoms with E-state index in [0.717, 1.165) is 12.0 Å². The predicted molar refractivity (Wildman–Crippen MR) is 106 cm³/mol. The van der Waals surface area contributed by atoms with Gasteiger partial charge in [0.2, 0.25) is 5.91 Å². The number of benzene rings is 1. The summed E-state index contributed by atoms with van der Waals surface area (Å²) in [7, 11) is 0. The first kappa shape index (κ1) is 21.0. The van der Waals surface area contributed by atoms with Crippen molar-refractivity contribution in [2.75, 3.05) is 19.7 Å². The van der Waals surface area contributed by atoms with E-state index in [4.69, 9.17) is 4.74 Å². The number of ether oxygens (including phenoxy) is 1. The van der Waals surface area contributed by atoms with Gasteiger partial charge in [-0.3, -0.25) is 4.79 Å². The van der Waals surface area contributed by atoms with Gasteiger partial charge in [0.1, 0.15) is 12.4 Å². The lowest BCUT2D eigenvalue weighted by Crippen LogP contribution is -2.40. The number of fused-ring (bicyclic) bond motifs is 1. The molecule has 2 N–H and O–H groups in total. The Morgan fingerprint density at radius 3 is 2.93 bits per heavy atom. The van der Waals surface area contributed by atoms with Crippen LogP contribution in [0.3, 0.4) is 0 Å². The number of alkyl halides is 2. The molecule has 1 aromatic carbocycles. The molecule has 0 atom stereocenters. The van der Waals surface area contributed by atoms with Gasteiger partial charge in [-0.1, -0.05) is 12.1 Å². The third-order valence-corrected chi connectivity index (χ3v) is 5.54. The fourth-order valence-corrected chi connectivity index (χ4v) is 3.94. The molecule has 1 aromatic heterocycles. The quantitative estimate of drug-likeness (QED) is 0.685. The Morgan fingerprint density at radius 1 is 1.24 bits per heavy atom.